The number of nitrogens with one attached hydrogen (secondary N) is 1. The summed E-state index contributed by atoms with van der Waals surface area (Å²) in [5.74, 6) is -1.79. The monoisotopic (exact) mass is 378 g/mol. The highest BCUT2D eigenvalue weighted by Gasteiger charge is 2.66. The highest BCUT2D eigenvalue weighted by molar-refractivity contribution is 6.07. The lowest BCUT2D eigenvalue weighted by atomic mass is 9.56. The number of amides is 1. The maximum Gasteiger partial charge on any atom is 0.317 e. The Morgan fingerprint density at radius 3 is 2.22 bits per heavy atom. The molecule has 8 heteroatoms. The van der Waals surface area contributed by atoms with E-state index >= 15 is 0 Å². The summed E-state index contributed by atoms with van der Waals surface area (Å²) < 4.78 is 10.0. The molecule has 0 aromatic heterocycles. The molecular formula is C19H26N2O6. The van der Waals surface area contributed by atoms with Crippen LogP contribution < -0.4 is 15.8 Å². The van der Waals surface area contributed by atoms with E-state index in [9.17, 15) is 19.5 Å². The van der Waals surface area contributed by atoms with Crippen molar-refractivity contribution < 1.29 is 29.0 Å². The lowest BCUT2D eigenvalue weighted by Crippen LogP contribution is -2.70. The molecule has 1 fully saturated rings. The predicted octanol–water partition coefficient (Wildman–Crippen LogP) is 0.416. The minimum absolute atomic E-state index is 0.0123. The minimum atomic E-state index is -2.14. The second-order valence-electron chi connectivity index (χ2n) is 6.71. The van der Waals surface area contributed by atoms with Crippen molar-refractivity contribution in [2.45, 2.75) is 37.3 Å². The molecule has 3 atom stereocenters. The number of esters is 1. The van der Waals surface area contributed by atoms with Gasteiger partial charge in [-0.05, 0) is 44.2 Å². The molecule has 1 aliphatic carbocycles. The summed E-state index contributed by atoms with van der Waals surface area (Å²) in [6, 6.07) is 4.92. The Morgan fingerprint density at radius 2 is 1.74 bits per heavy atom. The van der Waals surface area contributed by atoms with Gasteiger partial charge in [-0.1, -0.05) is 12.8 Å². The first-order chi connectivity index (χ1) is 12.8. The van der Waals surface area contributed by atoms with Gasteiger partial charge in [0.05, 0.1) is 14.2 Å². The third kappa shape index (κ3) is 3.30. The van der Waals surface area contributed by atoms with E-state index in [4.69, 9.17) is 15.2 Å². The summed E-state index contributed by atoms with van der Waals surface area (Å²) in [6.07, 6.45) is 1.16. The number of ether oxygens (including phenoxy) is 2. The molecule has 1 aliphatic rings. The zero-order valence-corrected chi connectivity index (χ0v) is 15.8. The molecule has 1 amide bonds. The number of likely N-dealkylation sites (N-methyl/N-ethyl adjacent to an activating group) is 1. The molecule has 8 nitrogen and oxygen atoms in total. The predicted molar refractivity (Wildman–Crippen MR) is 97.2 cm³/mol. The van der Waals surface area contributed by atoms with Gasteiger partial charge in [0.2, 0.25) is 5.91 Å². The molecule has 0 spiro atoms. The van der Waals surface area contributed by atoms with Crippen LogP contribution in [0.5, 0.6) is 5.75 Å². The van der Waals surface area contributed by atoms with Gasteiger partial charge in [0.15, 0.2) is 5.78 Å². The van der Waals surface area contributed by atoms with Crippen molar-refractivity contribution in [2.24, 2.45) is 11.1 Å². The Bertz CT molecular complexity index is 719. The average molecular weight is 378 g/mol. The SMILES string of the molecule is CNC(C(N)=O)C1(C(=O)OC)CCCCC1(O)C(=O)c1ccc(OC)cc1. The van der Waals surface area contributed by atoms with Crippen molar-refractivity contribution in [1.82, 2.24) is 5.32 Å². The number of carbonyl (C=O) groups is 3. The number of methoxy groups -OCH3 is 2. The second kappa shape index (κ2) is 8.06. The summed E-state index contributed by atoms with van der Waals surface area (Å²) in [5.41, 5.74) is 1.74. The van der Waals surface area contributed by atoms with Crippen molar-refractivity contribution in [2.75, 3.05) is 21.3 Å². The van der Waals surface area contributed by atoms with E-state index in [-0.39, 0.29) is 18.4 Å². The number of hydrogen-bond donors (Lipinski definition) is 3. The molecule has 0 saturated heterocycles. The molecule has 0 aliphatic heterocycles. The summed E-state index contributed by atoms with van der Waals surface area (Å²) in [5, 5.41) is 14.3. The zero-order chi connectivity index (χ0) is 20.2. The highest BCUT2D eigenvalue weighted by Crippen LogP contribution is 2.49. The van der Waals surface area contributed by atoms with Crippen molar-refractivity contribution in [3.63, 3.8) is 0 Å². The maximum absolute atomic E-state index is 13.3. The second-order valence-corrected chi connectivity index (χ2v) is 6.71. The molecular weight excluding hydrogens is 352 g/mol. The van der Waals surface area contributed by atoms with Gasteiger partial charge in [-0.3, -0.25) is 14.4 Å². The Morgan fingerprint density at radius 1 is 1.15 bits per heavy atom. The lowest BCUT2D eigenvalue weighted by Gasteiger charge is -2.50. The van der Waals surface area contributed by atoms with Gasteiger partial charge in [-0.2, -0.15) is 0 Å². The standard InChI is InChI=1S/C19H26N2O6/c1-21-14(16(20)23)18(17(24)27-3)10-4-5-11-19(18,25)15(22)12-6-8-13(26-2)9-7-12/h6-9,14,21,25H,4-5,10-11H2,1-3H3,(H2,20,23). The minimum Gasteiger partial charge on any atom is -0.497 e. The molecule has 1 aromatic carbocycles. The van der Waals surface area contributed by atoms with Crippen LogP contribution in [0.2, 0.25) is 0 Å². The number of nitrogens with two attached hydrogens (primary N) is 1. The average Bonchev–Trinajstić information content (AvgIpc) is 2.68. The Hall–Kier alpha value is -2.45. The van der Waals surface area contributed by atoms with Gasteiger partial charge >= 0.3 is 5.97 Å². The van der Waals surface area contributed by atoms with Crippen LogP contribution in [0.15, 0.2) is 24.3 Å². The van der Waals surface area contributed by atoms with Gasteiger partial charge in [-0.15, -0.1) is 0 Å². The molecule has 1 aromatic rings. The number of ketones is 1. The molecule has 0 bridgehead atoms. The van der Waals surface area contributed by atoms with E-state index < -0.39 is 34.7 Å². The largest absolute Gasteiger partial charge is 0.497 e. The number of Topliss-reactive ketones (excluding diaryl/α,β-unsaturated/α-hetero) is 1. The van der Waals surface area contributed by atoms with Crippen molar-refractivity contribution >= 4 is 17.7 Å². The smallest absolute Gasteiger partial charge is 0.317 e. The van der Waals surface area contributed by atoms with Gasteiger partial charge < -0.3 is 25.6 Å². The topological polar surface area (TPSA) is 128 Å². The highest BCUT2D eigenvalue weighted by atomic mass is 16.5. The first-order valence-electron chi connectivity index (χ1n) is 8.74. The van der Waals surface area contributed by atoms with Crippen LogP contribution >= 0.6 is 0 Å². The normalized spacial score (nSPS) is 26.1. The van der Waals surface area contributed by atoms with E-state index in [0.717, 1.165) is 7.11 Å². The van der Waals surface area contributed by atoms with Crippen LogP contribution in [-0.2, 0) is 14.3 Å². The van der Waals surface area contributed by atoms with Crippen LogP contribution in [0.3, 0.4) is 0 Å². The summed E-state index contributed by atoms with van der Waals surface area (Å²) in [6.45, 7) is 0. The van der Waals surface area contributed by atoms with Crippen LogP contribution in [0.4, 0.5) is 0 Å². The molecule has 1 saturated carbocycles. The number of benzene rings is 1. The fraction of sp³-hybridized carbons (Fsp3) is 0.526. The van der Waals surface area contributed by atoms with Crippen LogP contribution in [0, 0.1) is 5.41 Å². The van der Waals surface area contributed by atoms with Crippen molar-refractivity contribution in [3.8, 4) is 5.75 Å². The third-order valence-corrected chi connectivity index (χ3v) is 5.44. The van der Waals surface area contributed by atoms with Gasteiger partial charge in [0.1, 0.15) is 22.8 Å². The van der Waals surface area contributed by atoms with E-state index in [2.05, 4.69) is 5.32 Å². The number of hydrogen-bond acceptors (Lipinski definition) is 7. The summed E-state index contributed by atoms with van der Waals surface area (Å²) in [4.78, 5) is 38.3. The number of aliphatic hydroxyl groups is 1. The molecule has 148 valence electrons. The lowest BCUT2D eigenvalue weighted by molar-refractivity contribution is -0.180. The zero-order valence-electron chi connectivity index (χ0n) is 15.8. The van der Waals surface area contributed by atoms with Crippen LogP contribution in [0.25, 0.3) is 0 Å². The Labute approximate surface area is 158 Å². The van der Waals surface area contributed by atoms with E-state index in [0.29, 0.717) is 18.6 Å². The summed E-state index contributed by atoms with van der Waals surface area (Å²) in [7, 11) is 4.11. The number of rotatable bonds is 7. The van der Waals surface area contributed by atoms with E-state index in [1.807, 2.05) is 0 Å². The molecule has 0 radical (unpaired) electrons. The van der Waals surface area contributed by atoms with Gasteiger partial charge in [0, 0.05) is 5.56 Å². The van der Waals surface area contributed by atoms with Crippen molar-refractivity contribution in [1.29, 1.82) is 0 Å². The molecule has 2 rings (SSSR count). The Kier molecular flexibility index (Phi) is 6.22. The van der Waals surface area contributed by atoms with Crippen molar-refractivity contribution in [3.05, 3.63) is 29.8 Å². The fourth-order valence-corrected chi connectivity index (χ4v) is 4.10. The molecule has 0 heterocycles. The van der Waals surface area contributed by atoms with Crippen LogP contribution in [-0.4, -0.2) is 55.7 Å². The van der Waals surface area contributed by atoms with Gasteiger partial charge in [0.25, 0.3) is 0 Å². The quantitative estimate of drug-likeness (QED) is 0.463. The first kappa shape index (κ1) is 20.9. The van der Waals surface area contributed by atoms with E-state index in [1.54, 1.807) is 12.1 Å². The Balaban J connectivity index is 2.63. The van der Waals surface area contributed by atoms with Crippen LogP contribution in [0.1, 0.15) is 36.0 Å². The maximum atomic E-state index is 13.3. The fourth-order valence-electron chi connectivity index (χ4n) is 4.10. The summed E-state index contributed by atoms with van der Waals surface area (Å²) >= 11 is 0. The van der Waals surface area contributed by atoms with Gasteiger partial charge in [-0.25, -0.2) is 0 Å². The molecule has 27 heavy (non-hydrogen) atoms. The molecule has 4 N–H and O–H groups in total. The first-order valence-corrected chi connectivity index (χ1v) is 8.74. The van der Waals surface area contributed by atoms with E-state index in [1.165, 1.54) is 26.3 Å². The third-order valence-electron chi connectivity index (χ3n) is 5.44. The molecule has 3 unspecified atom stereocenters. The number of carbonyl (C=O) groups excluding carboxylic acids is 3. The number of primary amides is 1.